The predicted molar refractivity (Wildman–Crippen MR) is 58.0 cm³/mol. The average molecular weight is 251 g/mol. The van der Waals surface area contributed by atoms with E-state index in [1.807, 2.05) is 6.92 Å². The number of hydrogen-bond donors (Lipinski definition) is 3. The molecule has 0 saturated carbocycles. The van der Waals surface area contributed by atoms with Gasteiger partial charge < -0.3 is 10.1 Å². The summed E-state index contributed by atoms with van der Waals surface area (Å²) in [5.74, 6) is 0.183. The molecule has 0 aromatic heterocycles. The predicted octanol–water partition coefficient (Wildman–Crippen LogP) is -0.825. The van der Waals surface area contributed by atoms with E-state index in [4.69, 9.17) is 0 Å². The highest BCUT2D eigenvalue weighted by Gasteiger charge is 2.26. The van der Waals surface area contributed by atoms with Gasteiger partial charge in [-0.3, -0.25) is 0 Å². The number of carbonyl (C=O) groups is 1. The maximum atomic E-state index is 11.5. The zero-order chi connectivity index (χ0) is 12.2. The summed E-state index contributed by atoms with van der Waals surface area (Å²) in [6, 6.07) is -0.164. The number of nitrogens with one attached hydrogen (secondary N) is 3. The van der Waals surface area contributed by atoms with Gasteiger partial charge in [-0.15, -0.1) is 0 Å². The van der Waals surface area contributed by atoms with Gasteiger partial charge in [0.2, 0.25) is 0 Å². The Balaban J connectivity index is 2.54. The molecule has 0 aliphatic carbocycles. The van der Waals surface area contributed by atoms with E-state index < -0.39 is 16.3 Å². The van der Waals surface area contributed by atoms with Crippen LogP contribution in [-0.4, -0.2) is 40.8 Å². The minimum atomic E-state index is -3.83. The van der Waals surface area contributed by atoms with E-state index in [9.17, 15) is 13.2 Å². The Hall–Kier alpha value is -0.860. The Bertz CT molecular complexity index is 343. The Kier molecular flexibility index (Phi) is 4.51. The maximum Gasteiger partial charge on any atom is 0.421 e. The fraction of sp³-hybridized carbons (Fsp3) is 0.875. The third kappa shape index (κ3) is 3.95. The van der Waals surface area contributed by atoms with Gasteiger partial charge in [-0.1, -0.05) is 6.92 Å². The molecule has 94 valence electrons. The molecule has 3 N–H and O–H groups in total. The summed E-state index contributed by atoms with van der Waals surface area (Å²) < 4.78 is 31.3. The van der Waals surface area contributed by atoms with Crippen molar-refractivity contribution in [2.75, 3.05) is 20.2 Å². The molecule has 7 nitrogen and oxygen atoms in total. The monoisotopic (exact) mass is 251 g/mol. The molecule has 0 bridgehead atoms. The van der Waals surface area contributed by atoms with Crippen LogP contribution in [0, 0.1) is 5.92 Å². The van der Waals surface area contributed by atoms with Crippen LogP contribution in [0.4, 0.5) is 4.79 Å². The SMILES string of the molecule is COC(=O)NS(=O)(=O)NC1CCNCC1C. The van der Waals surface area contributed by atoms with Crippen LogP contribution in [-0.2, 0) is 14.9 Å². The van der Waals surface area contributed by atoms with Gasteiger partial charge in [0.1, 0.15) is 0 Å². The smallest absolute Gasteiger partial charge is 0.421 e. The minimum absolute atomic E-state index is 0.164. The summed E-state index contributed by atoms with van der Waals surface area (Å²) in [5, 5.41) is 3.16. The molecule has 1 fully saturated rings. The van der Waals surface area contributed by atoms with Gasteiger partial charge in [-0.2, -0.15) is 13.1 Å². The highest BCUT2D eigenvalue weighted by Crippen LogP contribution is 2.10. The summed E-state index contributed by atoms with van der Waals surface area (Å²) in [4.78, 5) is 10.8. The van der Waals surface area contributed by atoms with Gasteiger partial charge in [0.15, 0.2) is 0 Å². The lowest BCUT2D eigenvalue weighted by Gasteiger charge is -2.29. The average Bonchev–Trinajstić information content (AvgIpc) is 2.20. The molecular weight excluding hydrogens is 234 g/mol. The van der Waals surface area contributed by atoms with Crippen molar-refractivity contribution in [3.8, 4) is 0 Å². The molecule has 1 aliphatic heterocycles. The number of methoxy groups -OCH3 is 1. The van der Waals surface area contributed by atoms with Gasteiger partial charge in [0, 0.05) is 6.04 Å². The van der Waals surface area contributed by atoms with E-state index in [-0.39, 0.29) is 12.0 Å². The zero-order valence-electron chi connectivity index (χ0n) is 9.32. The van der Waals surface area contributed by atoms with Crippen molar-refractivity contribution in [3.05, 3.63) is 0 Å². The number of amides is 1. The van der Waals surface area contributed by atoms with Gasteiger partial charge >= 0.3 is 16.3 Å². The number of hydrogen-bond acceptors (Lipinski definition) is 5. The summed E-state index contributed by atoms with van der Waals surface area (Å²) in [5.41, 5.74) is 0. The first-order chi connectivity index (χ1) is 7.44. The molecule has 1 saturated heterocycles. The molecule has 0 spiro atoms. The molecule has 0 radical (unpaired) electrons. The minimum Gasteiger partial charge on any atom is -0.452 e. The fourth-order valence-corrected chi connectivity index (χ4v) is 2.68. The Morgan fingerprint density at radius 1 is 1.50 bits per heavy atom. The van der Waals surface area contributed by atoms with E-state index in [0.717, 1.165) is 20.2 Å². The summed E-state index contributed by atoms with van der Waals surface area (Å²) >= 11 is 0. The molecule has 16 heavy (non-hydrogen) atoms. The normalized spacial score (nSPS) is 26.1. The van der Waals surface area contributed by atoms with Crippen molar-refractivity contribution in [3.63, 3.8) is 0 Å². The molecule has 2 unspecified atom stereocenters. The summed E-state index contributed by atoms with van der Waals surface area (Å²) in [7, 11) is -2.72. The van der Waals surface area contributed by atoms with Crippen LogP contribution in [0.5, 0.6) is 0 Å². The van der Waals surface area contributed by atoms with Crippen LogP contribution < -0.4 is 14.8 Å². The number of ether oxygens (including phenoxy) is 1. The highest BCUT2D eigenvalue weighted by atomic mass is 32.2. The van der Waals surface area contributed by atoms with Crippen molar-refractivity contribution in [1.82, 2.24) is 14.8 Å². The molecule has 0 aromatic rings. The second kappa shape index (κ2) is 5.46. The van der Waals surface area contributed by atoms with Crippen LogP contribution in [0.3, 0.4) is 0 Å². The number of rotatable bonds is 3. The summed E-state index contributed by atoms with van der Waals surface area (Å²) in [6.45, 7) is 3.46. The largest absolute Gasteiger partial charge is 0.452 e. The zero-order valence-corrected chi connectivity index (χ0v) is 10.1. The fourth-order valence-electron chi connectivity index (χ4n) is 1.57. The van der Waals surface area contributed by atoms with Crippen molar-refractivity contribution in [2.45, 2.75) is 19.4 Å². The number of piperidine rings is 1. The van der Waals surface area contributed by atoms with Gasteiger partial charge in [0.05, 0.1) is 7.11 Å². The molecular formula is C8H17N3O4S. The van der Waals surface area contributed by atoms with Crippen LogP contribution in [0.1, 0.15) is 13.3 Å². The second-order valence-electron chi connectivity index (χ2n) is 3.79. The molecule has 1 heterocycles. The molecule has 1 amide bonds. The molecule has 8 heteroatoms. The van der Waals surface area contributed by atoms with Gasteiger partial charge in [-0.25, -0.2) is 9.52 Å². The molecule has 0 aromatic carbocycles. The van der Waals surface area contributed by atoms with E-state index in [1.165, 1.54) is 0 Å². The van der Waals surface area contributed by atoms with Crippen LogP contribution >= 0.6 is 0 Å². The topological polar surface area (TPSA) is 96.5 Å². The maximum absolute atomic E-state index is 11.5. The van der Waals surface area contributed by atoms with Crippen LogP contribution in [0.2, 0.25) is 0 Å². The van der Waals surface area contributed by atoms with Crippen molar-refractivity contribution >= 4 is 16.3 Å². The quantitative estimate of drug-likeness (QED) is 0.608. The highest BCUT2D eigenvalue weighted by molar-refractivity contribution is 7.88. The molecule has 1 rings (SSSR count). The van der Waals surface area contributed by atoms with E-state index in [2.05, 4.69) is 14.8 Å². The molecule has 2 atom stereocenters. The first-order valence-electron chi connectivity index (χ1n) is 5.03. The van der Waals surface area contributed by atoms with Crippen molar-refractivity contribution < 1.29 is 17.9 Å². The third-order valence-corrected chi connectivity index (χ3v) is 3.54. The Labute approximate surface area is 95.1 Å². The third-order valence-electron chi connectivity index (χ3n) is 2.49. The number of carbonyl (C=O) groups excluding carboxylic acids is 1. The molecule has 1 aliphatic rings. The van der Waals surface area contributed by atoms with Gasteiger partial charge in [0.25, 0.3) is 0 Å². The van der Waals surface area contributed by atoms with E-state index >= 15 is 0 Å². The Morgan fingerprint density at radius 2 is 2.19 bits per heavy atom. The lowest BCUT2D eigenvalue weighted by atomic mass is 9.97. The lowest BCUT2D eigenvalue weighted by Crippen LogP contribution is -2.52. The standard InChI is InChI=1S/C8H17N3O4S/c1-6-5-9-4-3-7(6)10-16(13,14)11-8(12)15-2/h6-7,9-10H,3-5H2,1-2H3,(H,11,12). The van der Waals surface area contributed by atoms with Crippen LogP contribution in [0.15, 0.2) is 0 Å². The second-order valence-corrected chi connectivity index (χ2v) is 5.24. The van der Waals surface area contributed by atoms with Crippen molar-refractivity contribution in [1.29, 1.82) is 0 Å². The van der Waals surface area contributed by atoms with Gasteiger partial charge in [-0.05, 0) is 25.4 Å². The first kappa shape index (κ1) is 13.2. The van der Waals surface area contributed by atoms with E-state index in [0.29, 0.717) is 6.42 Å². The Morgan fingerprint density at radius 3 is 2.75 bits per heavy atom. The van der Waals surface area contributed by atoms with Crippen LogP contribution in [0.25, 0.3) is 0 Å². The lowest BCUT2D eigenvalue weighted by molar-refractivity contribution is 0.177. The first-order valence-corrected chi connectivity index (χ1v) is 6.51. The van der Waals surface area contributed by atoms with Crippen molar-refractivity contribution in [2.24, 2.45) is 5.92 Å². The summed E-state index contributed by atoms with van der Waals surface area (Å²) in [6.07, 6.45) is -0.294. The van der Waals surface area contributed by atoms with E-state index in [1.54, 1.807) is 4.72 Å².